The van der Waals surface area contributed by atoms with E-state index in [0.29, 0.717) is 35.6 Å². The second-order valence-corrected chi connectivity index (χ2v) is 6.99. The normalized spacial score (nSPS) is 10.6. The predicted octanol–water partition coefficient (Wildman–Crippen LogP) is 3.79. The Morgan fingerprint density at radius 3 is 2.55 bits per heavy atom. The predicted molar refractivity (Wildman–Crippen MR) is 116 cm³/mol. The van der Waals surface area contributed by atoms with E-state index in [4.69, 9.17) is 15.3 Å². The number of benzene rings is 2. The standard InChI is InChI=1S/C21H24N4O3S/c1-3-27-18-11-10-16(12-19(18)28-4-2)23-20(26)14-29-21-24-17(13-25(21)22)15-8-6-5-7-9-15/h5-13H,3-4,14,22H2,1-2H3,(H,23,26). The Bertz CT molecular complexity index is 960. The summed E-state index contributed by atoms with van der Waals surface area (Å²) in [6.07, 6.45) is 1.75. The van der Waals surface area contributed by atoms with Gasteiger partial charge in [-0.25, -0.2) is 9.66 Å². The highest BCUT2D eigenvalue weighted by Crippen LogP contribution is 2.31. The molecule has 0 spiro atoms. The molecular weight excluding hydrogens is 388 g/mol. The number of carbonyl (C=O) groups is 1. The van der Waals surface area contributed by atoms with Crippen molar-refractivity contribution in [2.75, 3.05) is 30.1 Å². The smallest absolute Gasteiger partial charge is 0.234 e. The van der Waals surface area contributed by atoms with Crippen molar-refractivity contribution in [3.05, 3.63) is 54.7 Å². The number of rotatable bonds is 9. The Hall–Kier alpha value is -3.13. The molecule has 0 unspecified atom stereocenters. The molecule has 0 aliphatic rings. The number of nitrogen functional groups attached to an aromatic ring is 1. The maximum Gasteiger partial charge on any atom is 0.234 e. The molecule has 0 radical (unpaired) electrons. The molecular formula is C21H24N4O3S. The number of hydrogen-bond acceptors (Lipinski definition) is 6. The molecule has 3 N–H and O–H groups in total. The van der Waals surface area contributed by atoms with E-state index >= 15 is 0 Å². The molecule has 0 aliphatic carbocycles. The van der Waals surface area contributed by atoms with Gasteiger partial charge in [-0.1, -0.05) is 42.1 Å². The molecule has 1 aromatic heterocycles. The van der Waals surface area contributed by atoms with Crippen molar-refractivity contribution in [2.24, 2.45) is 0 Å². The van der Waals surface area contributed by atoms with Crippen LogP contribution in [0.5, 0.6) is 11.5 Å². The number of anilines is 1. The summed E-state index contributed by atoms with van der Waals surface area (Å²) in [6, 6.07) is 15.1. The van der Waals surface area contributed by atoms with E-state index < -0.39 is 0 Å². The number of nitrogens with one attached hydrogen (secondary N) is 1. The van der Waals surface area contributed by atoms with Gasteiger partial charge in [0.05, 0.1) is 30.9 Å². The van der Waals surface area contributed by atoms with E-state index in [2.05, 4.69) is 10.3 Å². The van der Waals surface area contributed by atoms with Crippen molar-refractivity contribution in [1.29, 1.82) is 0 Å². The van der Waals surface area contributed by atoms with Gasteiger partial charge in [0.1, 0.15) is 0 Å². The molecule has 3 rings (SSSR count). The van der Waals surface area contributed by atoms with E-state index in [1.54, 1.807) is 24.4 Å². The van der Waals surface area contributed by atoms with Crippen LogP contribution in [0.1, 0.15) is 13.8 Å². The molecule has 0 fully saturated rings. The highest BCUT2D eigenvalue weighted by molar-refractivity contribution is 7.99. The highest BCUT2D eigenvalue weighted by Gasteiger charge is 2.12. The largest absolute Gasteiger partial charge is 0.490 e. The van der Waals surface area contributed by atoms with Gasteiger partial charge in [-0.2, -0.15) is 0 Å². The number of nitrogens with zero attached hydrogens (tertiary/aromatic N) is 2. The lowest BCUT2D eigenvalue weighted by Gasteiger charge is -2.13. The molecule has 152 valence electrons. The molecule has 0 atom stereocenters. The van der Waals surface area contributed by atoms with Crippen LogP contribution in [-0.2, 0) is 4.79 Å². The minimum absolute atomic E-state index is 0.161. The summed E-state index contributed by atoms with van der Waals surface area (Å²) >= 11 is 1.27. The van der Waals surface area contributed by atoms with Crippen molar-refractivity contribution in [1.82, 2.24) is 9.66 Å². The molecule has 1 amide bonds. The Kier molecular flexibility index (Phi) is 7.02. The van der Waals surface area contributed by atoms with Crippen LogP contribution in [0.15, 0.2) is 59.9 Å². The minimum atomic E-state index is -0.161. The number of ether oxygens (including phenoxy) is 2. The first-order valence-corrected chi connectivity index (χ1v) is 10.3. The second-order valence-electron chi connectivity index (χ2n) is 6.05. The third kappa shape index (κ3) is 5.45. The van der Waals surface area contributed by atoms with Gasteiger partial charge in [-0.3, -0.25) is 4.79 Å². The van der Waals surface area contributed by atoms with Crippen molar-refractivity contribution < 1.29 is 14.3 Å². The molecule has 3 aromatic rings. The van der Waals surface area contributed by atoms with Crippen LogP contribution >= 0.6 is 11.8 Å². The number of imidazole rings is 1. The number of aromatic nitrogens is 2. The second kappa shape index (κ2) is 9.88. The van der Waals surface area contributed by atoms with Gasteiger partial charge >= 0.3 is 0 Å². The summed E-state index contributed by atoms with van der Waals surface area (Å²) in [6.45, 7) is 4.86. The number of amides is 1. The fourth-order valence-electron chi connectivity index (χ4n) is 2.69. The van der Waals surface area contributed by atoms with Crippen LogP contribution in [0, 0.1) is 0 Å². The molecule has 7 nitrogen and oxygen atoms in total. The summed E-state index contributed by atoms with van der Waals surface area (Å²) in [4.78, 5) is 16.9. The van der Waals surface area contributed by atoms with Gasteiger partial charge in [0.25, 0.3) is 0 Å². The highest BCUT2D eigenvalue weighted by atomic mass is 32.2. The summed E-state index contributed by atoms with van der Waals surface area (Å²) in [7, 11) is 0. The summed E-state index contributed by atoms with van der Waals surface area (Å²) in [5, 5.41) is 3.44. The number of carbonyl (C=O) groups excluding carboxylic acids is 1. The fourth-order valence-corrected chi connectivity index (χ4v) is 3.38. The third-order valence-corrected chi connectivity index (χ3v) is 4.89. The van der Waals surface area contributed by atoms with Crippen molar-refractivity contribution in [3.8, 4) is 22.8 Å². The van der Waals surface area contributed by atoms with E-state index in [9.17, 15) is 4.79 Å². The zero-order valence-electron chi connectivity index (χ0n) is 16.4. The van der Waals surface area contributed by atoms with Gasteiger partial charge in [-0.05, 0) is 26.0 Å². The maximum absolute atomic E-state index is 12.4. The Morgan fingerprint density at radius 2 is 1.83 bits per heavy atom. The zero-order chi connectivity index (χ0) is 20.6. The molecule has 2 aromatic carbocycles. The van der Waals surface area contributed by atoms with Gasteiger partial charge in [0.15, 0.2) is 16.7 Å². The lowest BCUT2D eigenvalue weighted by atomic mass is 10.2. The number of thioether (sulfide) groups is 1. The SMILES string of the molecule is CCOc1ccc(NC(=O)CSc2nc(-c3ccccc3)cn2N)cc1OCC. The lowest BCUT2D eigenvalue weighted by Crippen LogP contribution is -2.15. The van der Waals surface area contributed by atoms with E-state index in [1.165, 1.54) is 16.4 Å². The van der Waals surface area contributed by atoms with E-state index in [-0.39, 0.29) is 11.7 Å². The van der Waals surface area contributed by atoms with Crippen LogP contribution in [0.4, 0.5) is 5.69 Å². The number of hydrogen-bond donors (Lipinski definition) is 2. The maximum atomic E-state index is 12.4. The van der Waals surface area contributed by atoms with Crippen LogP contribution in [0.25, 0.3) is 11.3 Å². The first-order valence-electron chi connectivity index (χ1n) is 9.32. The average Bonchev–Trinajstić information content (AvgIpc) is 3.10. The quantitative estimate of drug-likeness (QED) is 0.410. The topological polar surface area (TPSA) is 91.4 Å². The van der Waals surface area contributed by atoms with E-state index in [1.807, 2.05) is 44.2 Å². The minimum Gasteiger partial charge on any atom is -0.490 e. The zero-order valence-corrected chi connectivity index (χ0v) is 17.2. The molecule has 0 bridgehead atoms. The van der Waals surface area contributed by atoms with Gasteiger partial charge in [0, 0.05) is 17.3 Å². The van der Waals surface area contributed by atoms with E-state index in [0.717, 1.165) is 11.3 Å². The van der Waals surface area contributed by atoms with Crippen LogP contribution < -0.4 is 20.6 Å². The third-order valence-electron chi connectivity index (χ3n) is 3.93. The average molecular weight is 413 g/mol. The number of nitrogens with two attached hydrogens (primary N) is 1. The molecule has 8 heteroatoms. The first kappa shape index (κ1) is 20.6. The van der Waals surface area contributed by atoms with Crippen LogP contribution in [0.3, 0.4) is 0 Å². The first-order chi connectivity index (χ1) is 14.1. The molecule has 29 heavy (non-hydrogen) atoms. The van der Waals surface area contributed by atoms with Crippen molar-refractivity contribution in [3.63, 3.8) is 0 Å². The Labute approximate surface area is 174 Å². The van der Waals surface area contributed by atoms with Gasteiger partial charge in [-0.15, -0.1) is 0 Å². The van der Waals surface area contributed by atoms with Crippen molar-refractivity contribution >= 4 is 23.4 Å². The molecule has 0 saturated heterocycles. The summed E-state index contributed by atoms with van der Waals surface area (Å²) < 4.78 is 12.6. The van der Waals surface area contributed by atoms with Gasteiger partial charge in [0.2, 0.25) is 5.91 Å². The Morgan fingerprint density at radius 1 is 1.10 bits per heavy atom. The van der Waals surface area contributed by atoms with Crippen molar-refractivity contribution in [2.45, 2.75) is 19.0 Å². The monoisotopic (exact) mass is 412 g/mol. The Balaban J connectivity index is 1.62. The molecule has 1 heterocycles. The summed E-state index contributed by atoms with van der Waals surface area (Å²) in [5.41, 5.74) is 2.38. The lowest BCUT2D eigenvalue weighted by molar-refractivity contribution is -0.113. The molecule has 0 saturated carbocycles. The molecule has 0 aliphatic heterocycles. The fraction of sp³-hybridized carbons (Fsp3) is 0.238. The van der Waals surface area contributed by atoms with Gasteiger partial charge < -0.3 is 20.6 Å². The summed E-state index contributed by atoms with van der Waals surface area (Å²) in [5.74, 6) is 7.26. The van der Waals surface area contributed by atoms with Crippen LogP contribution in [-0.4, -0.2) is 34.5 Å². The van der Waals surface area contributed by atoms with Crippen LogP contribution in [0.2, 0.25) is 0 Å².